The van der Waals surface area contributed by atoms with E-state index in [1.165, 1.54) is 45.5 Å². The van der Waals surface area contributed by atoms with E-state index < -0.39 is 29.6 Å². The predicted octanol–water partition coefficient (Wildman–Crippen LogP) is 6.10. The maximum atomic E-state index is 15.5. The molecule has 3 heterocycles. The maximum Gasteiger partial charge on any atom is 0.306 e. The van der Waals surface area contributed by atoms with E-state index in [1.807, 2.05) is 0 Å². The van der Waals surface area contributed by atoms with Crippen LogP contribution in [0, 0.1) is 17.7 Å². The van der Waals surface area contributed by atoms with Crippen LogP contribution in [0.2, 0.25) is 0 Å². The second-order valence-electron chi connectivity index (χ2n) is 10.0. The Balaban J connectivity index is 1.41. The van der Waals surface area contributed by atoms with Crippen molar-refractivity contribution >= 4 is 66.5 Å². The van der Waals surface area contributed by atoms with E-state index in [4.69, 9.17) is 29.2 Å². The third kappa shape index (κ3) is 7.25. The first-order valence-corrected chi connectivity index (χ1v) is 15.1. The van der Waals surface area contributed by atoms with Crippen LogP contribution in [0.3, 0.4) is 0 Å². The van der Waals surface area contributed by atoms with Crippen molar-refractivity contribution in [2.24, 2.45) is 11.8 Å². The number of hydrogen-bond acceptors (Lipinski definition) is 11. The molecule has 1 aromatic carbocycles. The van der Waals surface area contributed by atoms with Gasteiger partial charge in [0.2, 0.25) is 0 Å². The number of Topliss-reactive ketones (excluding diaryl/α,β-unsaturated/α-hetero) is 2. The number of ether oxygens (including phenoxy) is 4. The summed E-state index contributed by atoms with van der Waals surface area (Å²) in [6.07, 6.45) is 0.0115. The summed E-state index contributed by atoms with van der Waals surface area (Å²) in [6.45, 7) is 3.12. The van der Waals surface area contributed by atoms with Gasteiger partial charge in [0.25, 0.3) is 5.88 Å². The smallest absolute Gasteiger partial charge is 0.306 e. The van der Waals surface area contributed by atoms with Crippen LogP contribution in [-0.4, -0.2) is 66.1 Å². The number of carbonyl (C=O) groups excluding carboxylic acids is 2. The van der Waals surface area contributed by atoms with Crippen LogP contribution in [0.5, 0.6) is 23.1 Å². The highest BCUT2D eigenvalue weighted by Gasteiger charge is 2.23. The van der Waals surface area contributed by atoms with Gasteiger partial charge in [-0.05, 0) is 12.1 Å². The molecule has 11 nitrogen and oxygen atoms in total. The van der Waals surface area contributed by atoms with Gasteiger partial charge in [0.15, 0.2) is 34.6 Å². The quantitative estimate of drug-likeness (QED) is 0.107. The molecule has 0 saturated carbocycles. The largest absolute Gasteiger partial charge is 0.493 e. The average Bonchev–Trinajstić information content (AvgIpc) is 3.61. The molecule has 0 aliphatic heterocycles. The van der Waals surface area contributed by atoms with Crippen LogP contribution in [-0.2, 0) is 9.59 Å². The zero-order valence-electron chi connectivity index (χ0n) is 24.3. The van der Waals surface area contributed by atoms with Crippen molar-refractivity contribution in [2.75, 3.05) is 27.4 Å². The Hall–Kier alpha value is -4.30. The summed E-state index contributed by atoms with van der Waals surface area (Å²) in [7, 11) is 2.80. The topological polar surface area (TPSA) is 159 Å². The van der Waals surface area contributed by atoms with Crippen molar-refractivity contribution in [1.29, 1.82) is 0 Å². The SMILES string of the molecule is COc1cc2sc(C(=O)CC(C)C(=O)O)cc2c(F)c1OCCCOc1cc2sc(C(=O)CC(C)C(=O)O)cc2nc1OC. The van der Waals surface area contributed by atoms with Gasteiger partial charge >= 0.3 is 11.9 Å². The standard InChI is InChI=1S/C30H30FNO10S2/c1-14(29(35)36)8-18(33)24-10-16-22(43-24)12-20(39-3)27(26(16)31)42-7-5-6-41-21-13-23-17(32-28(21)40-4)11-25(44-23)19(34)9-15(2)30(37)38/h10-15H,5-9H2,1-4H3,(H,35,36)(H,37,38). The summed E-state index contributed by atoms with van der Waals surface area (Å²) in [6, 6.07) is 6.25. The number of hydrogen-bond donors (Lipinski definition) is 2. The van der Waals surface area contributed by atoms with Gasteiger partial charge in [-0.25, -0.2) is 9.37 Å². The summed E-state index contributed by atoms with van der Waals surface area (Å²) in [5.41, 5.74) is 0.515. The number of thiophene rings is 2. The number of fused-ring (bicyclic) bond motifs is 2. The summed E-state index contributed by atoms with van der Waals surface area (Å²) in [4.78, 5) is 52.4. The molecule has 0 bridgehead atoms. The van der Waals surface area contributed by atoms with Gasteiger partial charge in [-0.15, -0.1) is 22.7 Å². The number of methoxy groups -OCH3 is 2. The van der Waals surface area contributed by atoms with Gasteiger partial charge in [0.05, 0.1) is 59.2 Å². The van der Waals surface area contributed by atoms with E-state index in [0.29, 0.717) is 32.0 Å². The Labute approximate surface area is 259 Å². The molecule has 0 amide bonds. The number of halogens is 1. The highest BCUT2D eigenvalue weighted by molar-refractivity contribution is 7.21. The first-order chi connectivity index (χ1) is 20.9. The molecule has 4 rings (SSSR count). The number of pyridine rings is 1. The number of benzene rings is 1. The summed E-state index contributed by atoms with van der Waals surface area (Å²) in [5.74, 6) is -4.62. The van der Waals surface area contributed by atoms with Crippen LogP contribution in [0.25, 0.3) is 20.3 Å². The van der Waals surface area contributed by atoms with Crippen LogP contribution in [0.4, 0.5) is 4.39 Å². The Morgan fingerprint density at radius 1 is 0.818 bits per heavy atom. The molecule has 4 aromatic rings. The van der Waals surface area contributed by atoms with Gasteiger partial charge in [0.1, 0.15) is 0 Å². The van der Waals surface area contributed by atoms with Gasteiger partial charge in [-0.1, -0.05) is 13.8 Å². The fourth-order valence-electron chi connectivity index (χ4n) is 4.19. The molecule has 0 spiro atoms. The highest BCUT2D eigenvalue weighted by Crippen LogP contribution is 2.40. The highest BCUT2D eigenvalue weighted by atomic mass is 32.1. The van der Waals surface area contributed by atoms with E-state index in [0.717, 1.165) is 11.3 Å². The van der Waals surface area contributed by atoms with Crippen LogP contribution >= 0.6 is 22.7 Å². The lowest BCUT2D eigenvalue weighted by molar-refractivity contribution is -0.141. The zero-order chi connectivity index (χ0) is 32.1. The van der Waals surface area contributed by atoms with E-state index in [1.54, 1.807) is 18.2 Å². The minimum absolute atomic E-state index is 0.0578. The Morgan fingerprint density at radius 2 is 1.39 bits per heavy atom. The third-order valence-corrected chi connectivity index (χ3v) is 8.94. The third-order valence-electron chi connectivity index (χ3n) is 6.70. The summed E-state index contributed by atoms with van der Waals surface area (Å²) >= 11 is 2.23. The fraction of sp³-hybridized carbons (Fsp3) is 0.367. The van der Waals surface area contributed by atoms with E-state index in [-0.39, 0.29) is 65.3 Å². The number of aromatic nitrogens is 1. The lowest BCUT2D eigenvalue weighted by atomic mass is 10.0. The second-order valence-corrected chi connectivity index (χ2v) is 12.2. The van der Waals surface area contributed by atoms with Crippen molar-refractivity contribution in [3.63, 3.8) is 0 Å². The zero-order valence-corrected chi connectivity index (χ0v) is 25.9. The molecule has 0 radical (unpaired) electrons. The molecule has 0 saturated heterocycles. The molecule has 0 aliphatic rings. The fourth-order valence-corrected chi connectivity index (χ4v) is 6.20. The maximum absolute atomic E-state index is 15.5. The molecule has 2 N–H and O–H groups in total. The second kappa shape index (κ2) is 14.0. The van der Waals surface area contributed by atoms with Crippen molar-refractivity contribution in [3.05, 3.63) is 39.8 Å². The molecule has 14 heteroatoms. The van der Waals surface area contributed by atoms with Gasteiger partial charge in [0, 0.05) is 41.5 Å². The predicted molar refractivity (Wildman–Crippen MR) is 162 cm³/mol. The van der Waals surface area contributed by atoms with Crippen LogP contribution in [0.15, 0.2) is 24.3 Å². The lowest BCUT2D eigenvalue weighted by Crippen LogP contribution is -2.13. The average molecular weight is 648 g/mol. The first-order valence-electron chi connectivity index (χ1n) is 13.5. The molecular formula is C30H30FNO10S2. The molecule has 3 aromatic heterocycles. The number of ketones is 2. The molecule has 234 valence electrons. The summed E-state index contributed by atoms with van der Waals surface area (Å²) in [5, 5.41) is 18.4. The van der Waals surface area contributed by atoms with Gasteiger partial charge < -0.3 is 29.2 Å². The number of carboxylic acids is 2. The van der Waals surface area contributed by atoms with Crippen molar-refractivity contribution < 1.29 is 52.7 Å². The molecular weight excluding hydrogens is 617 g/mol. The number of carboxylic acid groups (broad SMARTS) is 2. The van der Waals surface area contributed by atoms with E-state index in [2.05, 4.69) is 4.98 Å². The monoisotopic (exact) mass is 647 g/mol. The van der Waals surface area contributed by atoms with Gasteiger partial charge in [-0.2, -0.15) is 0 Å². The Bertz CT molecular complexity index is 1730. The minimum atomic E-state index is -1.08. The van der Waals surface area contributed by atoms with Crippen molar-refractivity contribution in [1.82, 2.24) is 4.98 Å². The van der Waals surface area contributed by atoms with Crippen LogP contribution in [0.1, 0.15) is 52.5 Å². The molecule has 0 fully saturated rings. The molecule has 2 atom stereocenters. The van der Waals surface area contributed by atoms with E-state index >= 15 is 4.39 Å². The normalized spacial score (nSPS) is 12.6. The lowest BCUT2D eigenvalue weighted by Gasteiger charge is -2.13. The van der Waals surface area contributed by atoms with Crippen molar-refractivity contribution in [2.45, 2.75) is 33.1 Å². The molecule has 0 aliphatic carbocycles. The van der Waals surface area contributed by atoms with E-state index in [9.17, 15) is 19.2 Å². The first kappa shape index (κ1) is 32.6. The number of carbonyl (C=O) groups is 4. The summed E-state index contributed by atoms with van der Waals surface area (Å²) < 4.78 is 38.8. The minimum Gasteiger partial charge on any atom is -0.493 e. The number of rotatable bonds is 16. The number of aliphatic carboxylic acids is 2. The molecule has 44 heavy (non-hydrogen) atoms. The van der Waals surface area contributed by atoms with Crippen molar-refractivity contribution in [3.8, 4) is 23.1 Å². The Kier molecular flexibility index (Phi) is 10.4. The Morgan fingerprint density at radius 3 is 1.98 bits per heavy atom. The molecule has 2 unspecified atom stereocenters. The number of nitrogens with zero attached hydrogens (tertiary/aromatic N) is 1. The van der Waals surface area contributed by atoms with Gasteiger partial charge in [-0.3, -0.25) is 19.2 Å². The van der Waals surface area contributed by atoms with Crippen LogP contribution < -0.4 is 18.9 Å².